The van der Waals surface area contributed by atoms with Crippen molar-refractivity contribution in [1.29, 1.82) is 0 Å². The number of rotatable bonds is 8. The van der Waals surface area contributed by atoms with Crippen molar-refractivity contribution in [2.75, 3.05) is 4.90 Å². The Morgan fingerprint density at radius 3 is 1.35 bits per heavy atom. The summed E-state index contributed by atoms with van der Waals surface area (Å²) in [6, 6.07) is 66.3. The van der Waals surface area contributed by atoms with Crippen LogP contribution >= 0.6 is 0 Å². The van der Waals surface area contributed by atoms with Gasteiger partial charge in [-0.05, 0) is 118 Å². The van der Waals surface area contributed by atoms with Gasteiger partial charge in [0.15, 0.2) is 0 Å². The summed E-state index contributed by atoms with van der Waals surface area (Å²) < 4.78 is 0. The zero-order chi connectivity index (χ0) is 34.9. The van der Waals surface area contributed by atoms with Gasteiger partial charge in [0.05, 0.1) is 5.69 Å². The SMILES string of the molecule is CC1CC2=C(c3ccc(-c4ccc(-c5ccc(N(c6ccc(-c7ccccc7)cc6)c6ccccc6-c6ccccc6)cc5)cc4)cc3)CC(C2)C1. The van der Waals surface area contributed by atoms with E-state index in [9.17, 15) is 0 Å². The molecule has 0 heterocycles. The van der Waals surface area contributed by atoms with Gasteiger partial charge in [-0.25, -0.2) is 0 Å². The van der Waals surface area contributed by atoms with E-state index in [2.05, 4.69) is 194 Å². The lowest BCUT2D eigenvalue weighted by Gasteiger charge is -2.28. The average Bonchev–Trinajstić information content (AvgIpc) is 3.52. The van der Waals surface area contributed by atoms with Crippen LogP contribution in [0.1, 0.15) is 38.2 Å². The highest BCUT2D eigenvalue weighted by Crippen LogP contribution is 2.48. The number of fused-ring (bicyclic) bond motifs is 2. The monoisotopic (exact) mass is 669 g/mol. The molecule has 9 rings (SSSR count). The first-order chi connectivity index (χ1) is 25.7. The normalized spacial score (nSPS) is 16.6. The average molecular weight is 670 g/mol. The summed E-state index contributed by atoms with van der Waals surface area (Å²) in [4.78, 5) is 2.38. The Hall–Kier alpha value is -5.92. The molecule has 0 aliphatic heterocycles. The first-order valence-electron chi connectivity index (χ1n) is 18.8. The Labute approximate surface area is 308 Å². The molecule has 2 bridgehead atoms. The first kappa shape index (κ1) is 32.0. The van der Waals surface area contributed by atoms with Crippen LogP contribution in [0.5, 0.6) is 0 Å². The maximum absolute atomic E-state index is 2.42. The van der Waals surface area contributed by atoms with Crippen molar-refractivity contribution in [3.8, 4) is 44.5 Å². The van der Waals surface area contributed by atoms with Gasteiger partial charge in [-0.3, -0.25) is 0 Å². The number of allylic oxidation sites excluding steroid dienone is 2. The van der Waals surface area contributed by atoms with Crippen LogP contribution in [0.25, 0.3) is 50.1 Å². The van der Waals surface area contributed by atoms with E-state index in [1.54, 1.807) is 11.1 Å². The Bertz CT molecular complexity index is 2320. The van der Waals surface area contributed by atoms with Gasteiger partial charge in [0, 0.05) is 16.9 Å². The summed E-state index contributed by atoms with van der Waals surface area (Å²) in [5.74, 6) is 1.71. The highest BCUT2D eigenvalue weighted by Gasteiger charge is 2.31. The summed E-state index contributed by atoms with van der Waals surface area (Å²) in [5.41, 5.74) is 17.9. The Morgan fingerprint density at radius 1 is 0.385 bits per heavy atom. The standard InChI is InChI=1S/C51H43N/c1-36-32-37-34-46(33-36)50(35-37)45-22-20-41(21-23-45)39-16-18-40(19-17-39)43-26-30-48(31-27-43)52(47-28-24-42(25-29-47)38-10-4-2-5-11-38)51-15-9-8-14-49(51)44-12-6-3-7-13-44/h2-31,36-37H,32-35H2,1H3. The summed E-state index contributed by atoms with van der Waals surface area (Å²) in [6.45, 7) is 2.42. The van der Waals surface area contributed by atoms with Crippen molar-refractivity contribution in [3.63, 3.8) is 0 Å². The summed E-state index contributed by atoms with van der Waals surface area (Å²) in [7, 11) is 0. The van der Waals surface area contributed by atoms with Crippen molar-refractivity contribution in [2.24, 2.45) is 11.8 Å². The molecule has 0 N–H and O–H groups in total. The highest BCUT2D eigenvalue weighted by atomic mass is 15.1. The van der Waals surface area contributed by atoms with Crippen LogP contribution in [0.4, 0.5) is 17.1 Å². The molecule has 1 saturated carbocycles. The van der Waals surface area contributed by atoms with Gasteiger partial charge in [-0.2, -0.15) is 0 Å². The molecule has 7 aromatic rings. The number of anilines is 3. The molecule has 0 aromatic heterocycles. The van der Waals surface area contributed by atoms with Crippen molar-refractivity contribution in [1.82, 2.24) is 0 Å². The fraction of sp³-hybridized carbons (Fsp3) is 0.137. The van der Waals surface area contributed by atoms with Crippen LogP contribution in [-0.2, 0) is 0 Å². The number of hydrogen-bond acceptors (Lipinski definition) is 1. The molecule has 2 unspecified atom stereocenters. The van der Waals surface area contributed by atoms with Crippen LogP contribution in [0, 0.1) is 11.8 Å². The largest absolute Gasteiger partial charge is 0.310 e. The second-order valence-electron chi connectivity index (χ2n) is 14.7. The fourth-order valence-corrected chi connectivity index (χ4v) is 8.66. The smallest absolute Gasteiger partial charge is 0.0540 e. The molecule has 0 radical (unpaired) electrons. The van der Waals surface area contributed by atoms with E-state index in [0.29, 0.717) is 0 Å². The van der Waals surface area contributed by atoms with E-state index < -0.39 is 0 Å². The molecular formula is C51H43N. The molecule has 0 amide bonds. The number of para-hydroxylation sites is 1. The maximum atomic E-state index is 2.42. The molecule has 1 nitrogen and oxygen atoms in total. The van der Waals surface area contributed by atoms with Crippen LogP contribution in [-0.4, -0.2) is 0 Å². The predicted octanol–water partition coefficient (Wildman–Crippen LogP) is 14.4. The lowest BCUT2D eigenvalue weighted by atomic mass is 9.84. The fourth-order valence-electron chi connectivity index (χ4n) is 8.66. The van der Waals surface area contributed by atoms with Crippen LogP contribution in [0.3, 0.4) is 0 Å². The van der Waals surface area contributed by atoms with Gasteiger partial charge >= 0.3 is 0 Å². The Balaban J connectivity index is 1.00. The van der Waals surface area contributed by atoms with Gasteiger partial charge in [0.2, 0.25) is 0 Å². The quantitative estimate of drug-likeness (QED) is 0.156. The minimum Gasteiger partial charge on any atom is -0.310 e. The van der Waals surface area contributed by atoms with Gasteiger partial charge < -0.3 is 4.90 Å². The molecular weight excluding hydrogens is 627 g/mol. The molecule has 52 heavy (non-hydrogen) atoms. The van der Waals surface area contributed by atoms with Crippen LogP contribution in [0.2, 0.25) is 0 Å². The van der Waals surface area contributed by atoms with Crippen molar-refractivity contribution in [2.45, 2.75) is 32.6 Å². The minimum atomic E-state index is 0.841. The van der Waals surface area contributed by atoms with E-state index in [1.807, 2.05) is 0 Å². The molecule has 252 valence electrons. The van der Waals surface area contributed by atoms with Crippen molar-refractivity contribution >= 4 is 22.6 Å². The van der Waals surface area contributed by atoms with Crippen LogP contribution in [0.15, 0.2) is 188 Å². The summed E-state index contributed by atoms with van der Waals surface area (Å²) in [5, 5.41) is 0. The van der Waals surface area contributed by atoms with E-state index >= 15 is 0 Å². The molecule has 0 saturated heterocycles. The first-order valence-corrected chi connectivity index (χ1v) is 18.8. The van der Waals surface area contributed by atoms with Crippen molar-refractivity contribution < 1.29 is 0 Å². The lowest BCUT2D eigenvalue weighted by molar-refractivity contribution is 0.364. The van der Waals surface area contributed by atoms with Crippen LogP contribution < -0.4 is 4.90 Å². The second kappa shape index (κ2) is 14.0. The van der Waals surface area contributed by atoms with Gasteiger partial charge in [0.1, 0.15) is 0 Å². The molecule has 2 aliphatic rings. The van der Waals surface area contributed by atoms with Gasteiger partial charge in [-0.15, -0.1) is 0 Å². The van der Waals surface area contributed by atoms with E-state index in [0.717, 1.165) is 28.9 Å². The molecule has 2 atom stereocenters. The van der Waals surface area contributed by atoms with E-state index in [-0.39, 0.29) is 0 Å². The van der Waals surface area contributed by atoms with E-state index in [4.69, 9.17) is 0 Å². The molecule has 2 aliphatic carbocycles. The molecule has 1 heteroatoms. The maximum Gasteiger partial charge on any atom is 0.0540 e. The zero-order valence-corrected chi connectivity index (χ0v) is 29.8. The third-order valence-corrected chi connectivity index (χ3v) is 11.2. The summed E-state index contributed by atoms with van der Waals surface area (Å²) >= 11 is 0. The van der Waals surface area contributed by atoms with E-state index in [1.165, 1.54) is 75.8 Å². The lowest BCUT2D eigenvalue weighted by Crippen LogP contribution is -2.11. The third-order valence-electron chi connectivity index (χ3n) is 11.2. The van der Waals surface area contributed by atoms with Crippen molar-refractivity contribution in [3.05, 3.63) is 193 Å². The topological polar surface area (TPSA) is 3.24 Å². The number of benzene rings is 7. The second-order valence-corrected chi connectivity index (χ2v) is 14.7. The molecule has 7 aromatic carbocycles. The van der Waals surface area contributed by atoms with Gasteiger partial charge in [-0.1, -0.05) is 164 Å². The zero-order valence-electron chi connectivity index (χ0n) is 29.8. The Morgan fingerprint density at radius 2 is 0.808 bits per heavy atom. The Kier molecular flexibility index (Phi) is 8.62. The predicted molar refractivity (Wildman–Crippen MR) is 221 cm³/mol. The molecule has 0 spiro atoms. The third kappa shape index (κ3) is 6.40. The summed E-state index contributed by atoms with van der Waals surface area (Å²) in [6.07, 6.45) is 5.27. The highest BCUT2D eigenvalue weighted by molar-refractivity contribution is 5.89. The number of hydrogen-bond donors (Lipinski definition) is 0. The minimum absolute atomic E-state index is 0.841. The molecule has 1 fully saturated rings. The number of nitrogens with zero attached hydrogens (tertiary/aromatic N) is 1. The van der Waals surface area contributed by atoms with Gasteiger partial charge in [0.25, 0.3) is 0 Å².